The van der Waals surface area contributed by atoms with Gasteiger partial charge in [-0.05, 0) is 31.8 Å². The number of nitrogens with zero attached hydrogens (tertiary/aromatic N) is 2. The molecule has 0 aromatic carbocycles. The Balaban J connectivity index is 2.36. The maximum atomic E-state index is 3.65. The predicted molar refractivity (Wildman–Crippen MR) is 80.1 cm³/mol. The van der Waals surface area contributed by atoms with Crippen molar-refractivity contribution < 1.29 is 0 Å². The van der Waals surface area contributed by atoms with E-state index in [9.17, 15) is 0 Å². The first kappa shape index (κ1) is 15.9. The van der Waals surface area contributed by atoms with E-state index < -0.39 is 0 Å². The molecule has 0 aliphatic carbocycles. The molecule has 1 rings (SSSR count). The highest BCUT2D eigenvalue weighted by Crippen LogP contribution is 2.22. The molecule has 0 spiro atoms. The lowest BCUT2D eigenvalue weighted by molar-refractivity contribution is 0.0856. The molecule has 0 radical (unpaired) electrons. The van der Waals surface area contributed by atoms with Crippen LogP contribution in [-0.4, -0.2) is 61.7 Å². The van der Waals surface area contributed by atoms with E-state index in [1.54, 1.807) is 0 Å². The molecule has 1 heterocycles. The average Bonchev–Trinajstić information content (AvgIpc) is 2.36. The van der Waals surface area contributed by atoms with Crippen molar-refractivity contribution in [3.05, 3.63) is 0 Å². The largest absolute Gasteiger partial charge is 0.314 e. The third-order valence-corrected chi connectivity index (χ3v) is 4.42. The summed E-state index contributed by atoms with van der Waals surface area (Å²) in [6, 6.07) is 0.585. The van der Waals surface area contributed by atoms with Gasteiger partial charge in [0.2, 0.25) is 0 Å². The molecule has 0 amide bonds. The van der Waals surface area contributed by atoms with Crippen LogP contribution in [0.5, 0.6) is 0 Å². The first-order chi connectivity index (χ1) is 8.49. The van der Waals surface area contributed by atoms with Gasteiger partial charge in [0.1, 0.15) is 0 Å². The molecular weight excluding hydrogens is 222 g/mol. The van der Waals surface area contributed by atoms with Gasteiger partial charge in [-0.15, -0.1) is 0 Å². The molecule has 0 bridgehead atoms. The van der Waals surface area contributed by atoms with Gasteiger partial charge in [0, 0.05) is 38.8 Å². The Bertz CT molecular complexity index is 220. The molecule has 3 heteroatoms. The Labute approximate surface area is 114 Å². The van der Waals surface area contributed by atoms with E-state index >= 15 is 0 Å². The van der Waals surface area contributed by atoms with Crippen molar-refractivity contribution >= 4 is 0 Å². The molecule has 1 fully saturated rings. The number of hydrogen-bond acceptors (Lipinski definition) is 3. The van der Waals surface area contributed by atoms with Gasteiger partial charge in [0.05, 0.1) is 0 Å². The van der Waals surface area contributed by atoms with Crippen LogP contribution in [0.4, 0.5) is 0 Å². The van der Waals surface area contributed by atoms with Gasteiger partial charge < -0.3 is 15.1 Å². The number of hydrogen-bond donors (Lipinski definition) is 1. The molecule has 1 N–H and O–H groups in total. The third kappa shape index (κ3) is 4.87. The fourth-order valence-corrected chi connectivity index (χ4v) is 2.61. The van der Waals surface area contributed by atoms with E-state index in [0.29, 0.717) is 11.5 Å². The summed E-state index contributed by atoms with van der Waals surface area (Å²) < 4.78 is 0. The van der Waals surface area contributed by atoms with Crippen LogP contribution in [0.3, 0.4) is 0 Å². The molecule has 1 aliphatic rings. The van der Waals surface area contributed by atoms with Crippen LogP contribution in [0.1, 0.15) is 41.0 Å². The van der Waals surface area contributed by atoms with Crippen LogP contribution in [0.2, 0.25) is 0 Å². The summed E-state index contributed by atoms with van der Waals surface area (Å²) in [6.45, 7) is 20.1. The summed E-state index contributed by atoms with van der Waals surface area (Å²) >= 11 is 0. The van der Waals surface area contributed by atoms with E-state index in [-0.39, 0.29) is 0 Å². The predicted octanol–water partition coefficient (Wildman–Crippen LogP) is 2.04. The molecule has 1 unspecified atom stereocenters. The van der Waals surface area contributed by atoms with Crippen molar-refractivity contribution in [3.63, 3.8) is 0 Å². The van der Waals surface area contributed by atoms with Gasteiger partial charge in [0.25, 0.3) is 0 Å². The molecule has 1 atom stereocenters. The summed E-state index contributed by atoms with van der Waals surface area (Å²) in [7, 11) is 0. The highest BCUT2D eigenvalue weighted by molar-refractivity contribution is 4.85. The first-order valence-corrected chi connectivity index (χ1v) is 7.67. The SMILES string of the molecule is CCCNC(C)C(C)(C)CN1CCN(CC)CC1. The zero-order valence-corrected chi connectivity index (χ0v) is 13.1. The average molecular weight is 255 g/mol. The minimum absolute atomic E-state index is 0.351. The molecule has 1 aliphatic heterocycles. The van der Waals surface area contributed by atoms with Crippen molar-refractivity contribution in [3.8, 4) is 0 Å². The van der Waals surface area contributed by atoms with E-state index in [1.165, 1.54) is 45.7 Å². The highest BCUT2D eigenvalue weighted by Gasteiger charge is 2.29. The standard InChI is InChI=1S/C15H33N3/c1-6-8-16-14(3)15(4,5)13-18-11-9-17(7-2)10-12-18/h14,16H,6-13H2,1-5H3. The third-order valence-electron chi connectivity index (χ3n) is 4.42. The van der Waals surface area contributed by atoms with Gasteiger partial charge in [-0.3, -0.25) is 0 Å². The number of nitrogens with one attached hydrogen (secondary N) is 1. The minimum Gasteiger partial charge on any atom is -0.314 e. The van der Waals surface area contributed by atoms with Crippen LogP contribution in [0.25, 0.3) is 0 Å². The zero-order valence-electron chi connectivity index (χ0n) is 13.1. The molecule has 0 aromatic rings. The van der Waals surface area contributed by atoms with Crippen LogP contribution < -0.4 is 5.32 Å². The summed E-state index contributed by atoms with van der Waals surface area (Å²) in [5.74, 6) is 0. The van der Waals surface area contributed by atoms with Crippen LogP contribution >= 0.6 is 0 Å². The zero-order chi connectivity index (χ0) is 13.6. The summed E-state index contributed by atoms with van der Waals surface area (Å²) in [4.78, 5) is 5.18. The lowest BCUT2D eigenvalue weighted by Gasteiger charge is -2.41. The second kappa shape index (κ2) is 7.46. The topological polar surface area (TPSA) is 18.5 Å². The maximum absolute atomic E-state index is 3.65. The van der Waals surface area contributed by atoms with E-state index in [4.69, 9.17) is 0 Å². The van der Waals surface area contributed by atoms with Crippen LogP contribution in [0, 0.1) is 5.41 Å². The van der Waals surface area contributed by atoms with Crippen LogP contribution in [0.15, 0.2) is 0 Å². The Morgan fingerprint density at radius 3 is 2.11 bits per heavy atom. The summed E-state index contributed by atoms with van der Waals surface area (Å²) in [5.41, 5.74) is 0.351. The molecule has 18 heavy (non-hydrogen) atoms. The quantitative estimate of drug-likeness (QED) is 0.751. The molecule has 0 saturated carbocycles. The monoisotopic (exact) mass is 255 g/mol. The lowest BCUT2D eigenvalue weighted by Crippen LogP contribution is -2.52. The number of rotatable bonds is 7. The van der Waals surface area contributed by atoms with Crippen molar-refractivity contribution in [1.29, 1.82) is 0 Å². The normalized spacial score (nSPS) is 21.2. The van der Waals surface area contributed by atoms with Crippen LogP contribution in [-0.2, 0) is 0 Å². The van der Waals surface area contributed by atoms with E-state index in [2.05, 4.69) is 49.7 Å². The van der Waals surface area contributed by atoms with Gasteiger partial charge >= 0.3 is 0 Å². The molecule has 1 saturated heterocycles. The van der Waals surface area contributed by atoms with Gasteiger partial charge in [-0.2, -0.15) is 0 Å². The fourth-order valence-electron chi connectivity index (χ4n) is 2.61. The maximum Gasteiger partial charge on any atom is 0.0110 e. The lowest BCUT2D eigenvalue weighted by atomic mass is 9.84. The second-order valence-electron chi connectivity index (χ2n) is 6.37. The van der Waals surface area contributed by atoms with Gasteiger partial charge in [-0.25, -0.2) is 0 Å². The molecule has 0 aromatic heterocycles. The van der Waals surface area contributed by atoms with E-state index in [0.717, 1.165) is 6.54 Å². The molecular formula is C15H33N3. The summed E-state index contributed by atoms with van der Waals surface area (Å²) in [6.07, 6.45) is 1.22. The Morgan fingerprint density at radius 1 is 1.06 bits per heavy atom. The number of piperazine rings is 1. The Morgan fingerprint density at radius 2 is 1.61 bits per heavy atom. The van der Waals surface area contributed by atoms with Gasteiger partial charge in [-0.1, -0.05) is 27.7 Å². The number of likely N-dealkylation sites (N-methyl/N-ethyl adjacent to an activating group) is 1. The summed E-state index contributed by atoms with van der Waals surface area (Å²) in [5, 5.41) is 3.65. The van der Waals surface area contributed by atoms with Crippen molar-refractivity contribution in [2.45, 2.75) is 47.1 Å². The van der Waals surface area contributed by atoms with Crippen molar-refractivity contribution in [2.24, 2.45) is 5.41 Å². The smallest absolute Gasteiger partial charge is 0.0110 e. The molecule has 3 nitrogen and oxygen atoms in total. The minimum atomic E-state index is 0.351. The second-order valence-corrected chi connectivity index (χ2v) is 6.37. The first-order valence-electron chi connectivity index (χ1n) is 7.67. The fraction of sp³-hybridized carbons (Fsp3) is 1.00. The van der Waals surface area contributed by atoms with E-state index in [1.807, 2.05) is 0 Å². The molecule has 108 valence electrons. The van der Waals surface area contributed by atoms with Crippen molar-refractivity contribution in [2.75, 3.05) is 45.8 Å². The Kier molecular flexibility index (Phi) is 6.61. The van der Waals surface area contributed by atoms with Gasteiger partial charge in [0.15, 0.2) is 0 Å². The Hall–Kier alpha value is -0.120. The highest BCUT2D eigenvalue weighted by atomic mass is 15.3. The van der Waals surface area contributed by atoms with Crippen molar-refractivity contribution in [1.82, 2.24) is 15.1 Å².